The van der Waals surface area contributed by atoms with E-state index in [1.165, 1.54) is 5.56 Å². The fraction of sp³-hybridized carbons (Fsp3) is 0.455. The van der Waals surface area contributed by atoms with Gasteiger partial charge in [-0.1, -0.05) is 6.07 Å². The van der Waals surface area contributed by atoms with Crippen LogP contribution in [0.3, 0.4) is 0 Å². The van der Waals surface area contributed by atoms with Crippen molar-refractivity contribution < 1.29 is 0 Å². The summed E-state index contributed by atoms with van der Waals surface area (Å²) in [7, 11) is 0. The molecule has 0 spiro atoms. The molecule has 1 unspecified atom stereocenters. The Bertz CT molecular complexity index is 363. The maximum Gasteiger partial charge on any atom is 0.0887 e. The summed E-state index contributed by atoms with van der Waals surface area (Å²) in [5, 5.41) is 8.94. The lowest BCUT2D eigenvalue weighted by Crippen LogP contribution is -2.10. The first kappa shape index (κ1) is 8.25. The van der Waals surface area contributed by atoms with Crippen LogP contribution in [-0.2, 0) is 6.42 Å². The Kier molecular flexibility index (Phi) is 2.02. The molecule has 2 nitrogen and oxygen atoms in total. The van der Waals surface area contributed by atoms with E-state index in [2.05, 4.69) is 17.1 Å². The summed E-state index contributed by atoms with van der Waals surface area (Å²) in [6.45, 7) is 1.98. The van der Waals surface area contributed by atoms with Gasteiger partial charge in [0, 0.05) is 5.69 Å². The van der Waals surface area contributed by atoms with E-state index >= 15 is 0 Å². The van der Waals surface area contributed by atoms with E-state index in [-0.39, 0.29) is 5.92 Å². The molecule has 0 aliphatic heterocycles. The molecule has 1 aliphatic carbocycles. The highest BCUT2D eigenvalue weighted by molar-refractivity contribution is 5.31. The first-order chi connectivity index (χ1) is 6.31. The number of hydrogen-bond acceptors (Lipinski definition) is 2. The molecule has 0 saturated carbocycles. The molecule has 0 N–H and O–H groups in total. The zero-order chi connectivity index (χ0) is 9.26. The number of aromatic nitrogens is 1. The van der Waals surface area contributed by atoms with Gasteiger partial charge in [-0.2, -0.15) is 5.26 Å². The van der Waals surface area contributed by atoms with E-state index in [4.69, 9.17) is 5.26 Å². The molecule has 13 heavy (non-hydrogen) atoms. The van der Waals surface area contributed by atoms with Crippen molar-refractivity contribution in [3.8, 4) is 6.07 Å². The predicted molar refractivity (Wildman–Crippen MR) is 50.3 cm³/mol. The first-order valence-corrected chi connectivity index (χ1v) is 4.67. The molecule has 0 amide bonds. The quantitative estimate of drug-likeness (QED) is 0.602. The van der Waals surface area contributed by atoms with Gasteiger partial charge in [0.15, 0.2) is 0 Å². The molecule has 0 saturated heterocycles. The van der Waals surface area contributed by atoms with Gasteiger partial charge in [-0.3, -0.25) is 4.98 Å². The van der Waals surface area contributed by atoms with Gasteiger partial charge < -0.3 is 0 Å². The predicted octanol–water partition coefficient (Wildman–Crippen LogP) is 2.33. The summed E-state index contributed by atoms with van der Waals surface area (Å²) >= 11 is 0. The molecule has 0 aromatic carbocycles. The molecule has 2 rings (SSSR count). The monoisotopic (exact) mass is 172 g/mol. The van der Waals surface area contributed by atoms with Crippen LogP contribution in [0.25, 0.3) is 0 Å². The highest BCUT2D eigenvalue weighted by Crippen LogP contribution is 2.29. The van der Waals surface area contributed by atoms with Crippen LogP contribution in [0.5, 0.6) is 0 Å². The van der Waals surface area contributed by atoms with Crippen LogP contribution in [0.15, 0.2) is 12.1 Å². The van der Waals surface area contributed by atoms with Crippen molar-refractivity contribution in [1.82, 2.24) is 4.98 Å². The SMILES string of the molecule is Cc1ccc2c(n1)C(C#N)CCC2. The number of nitriles is 1. The van der Waals surface area contributed by atoms with Gasteiger partial charge in [0.2, 0.25) is 0 Å². The average Bonchev–Trinajstić information content (AvgIpc) is 2.17. The maximum atomic E-state index is 8.94. The third-order valence-corrected chi connectivity index (χ3v) is 2.58. The lowest BCUT2D eigenvalue weighted by atomic mass is 9.87. The molecule has 1 aromatic rings. The van der Waals surface area contributed by atoms with Crippen molar-refractivity contribution in [2.75, 3.05) is 0 Å². The number of aryl methyl sites for hydroxylation is 2. The van der Waals surface area contributed by atoms with Gasteiger partial charge in [0.05, 0.1) is 17.7 Å². The van der Waals surface area contributed by atoms with E-state index in [9.17, 15) is 0 Å². The Labute approximate surface area is 78.2 Å². The number of hydrogen-bond donors (Lipinski definition) is 0. The van der Waals surface area contributed by atoms with Crippen molar-refractivity contribution in [3.05, 3.63) is 29.1 Å². The van der Waals surface area contributed by atoms with E-state index in [1.54, 1.807) is 0 Å². The highest BCUT2D eigenvalue weighted by Gasteiger charge is 2.20. The maximum absolute atomic E-state index is 8.94. The Balaban J connectivity index is 2.49. The number of rotatable bonds is 0. The molecule has 0 bridgehead atoms. The summed E-state index contributed by atoms with van der Waals surface area (Å²) in [6, 6.07) is 6.46. The van der Waals surface area contributed by atoms with Crippen LogP contribution in [0.2, 0.25) is 0 Å². The molecule has 1 atom stereocenters. The minimum Gasteiger partial charge on any atom is -0.256 e. The molecule has 2 heteroatoms. The van der Waals surface area contributed by atoms with E-state index in [0.29, 0.717) is 0 Å². The Morgan fingerprint density at radius 2 is 2.38 bits per heavy atom. The van der Waals surface area contributed by atoms with E-state index in [0.717, 1.165) is 30.7 Å². The molecule has 0 radical (unpaired) electrons. The lowest BCUT2D eigenvalue weighted by molar-refractivity contribution is 0.617. The Morgan fingerprint density at radius 1 is 1.54 bits per heavy atom. The molecule has 0 fully saturated rings. The standard InChI is InChI=1S/C11H12N2/c1-8-5-6-9-3-2-4-10(7-12)11(9)13-8/h5-6,10H,2-4H2,1H3. The second kappa shape index (κ2) is 3.18. The van der Waals surface area contributed by atoms with Gasteiger partial charge in [-0.25, -0.2) is 0 Å². The second-order valence-corrected chi connectivity index (χ2v) is 3.57. The van der Waals surface area contributed by atoms with Gasteiger partial charge in [0.25, 0.3) is 0 Å². The largest absolute Gasteiger partial charge is 0.256 e. The zero-order valence-corrected chi connectivity index (χ0v) is 7.75. The average molecular weight is 172 g/mol. The van der Waals surface area contributed by atoms with Crippen LogP contribution in [0.1, 0.15) is 35.7 Å². The summed E-state index contributed by atoms with van der Waals surface area (Å²) in [5.41, 5.74) is 3.30. The molecular formula is C11H12N2. The molecule has 1 aromatic heterocycles. The molecule has 1 heterocycles. The number of nitrogens with zero attached hydrogens (tertiary/aromatic N) is 2. The van der Waals surface area contributed by atoms with Crippen molar-refractivity contribution in [2.45, 2.75) is 32.1 Å². The van der Waals surface area contributed by atoms with Crippen molar-refractivity contribution in [3.63, 3.8) is 0 Å². The molecule has 66 valence electrons. The Morgan fingerprint density at radius 3 is 3.15 bits per heavy atom. The van der Waals surface area contributed by atoms with Crippen LogP contribution in [-0.4, -0.2) is 4.98 Å². The zero-order valence-electron chi connectivity index (χ0n) is 7.75. The molecule has 1 aliphatic rings. The van der Waals surface area contributed by atoms with Crippen molar-refractivity contribution in [2.24, 2.45) is 0 Å². The van der Waals surface area contributed by atoms with Crippen molar-refractivity contribution in [1.29, 1.82) is 5.26 Å². The van der Waals surface area contributed by atoms with Crippen molar-refractivity contribution >= 4 is 0 Å². The third kappa shape index (κ3) is 1.42. The number of fused-ring (bicyclic) bond motifs is 1. The van der Waals surface area contributed by atoms with Crippen LogP contribution < -0.4 is 0 Å². The summed E-state index contributed by atoms with van der Waals surface area (Å²) in [6.07, 6.45) is 3.18. The Hall–Kier alpha value is -1.36. The van der Waals surface area contributed by atoms with Crippen LogP contribution >= 0.6 is 0 Å². The minimum absolute atomic E-state index is 0.0312. The first-order valence-electron chi connectivity index (χ1n) is 4.67. The fourth-order valence-corrected chi connectivity index (χ4v) is 1.88. The fourth-order valence-electron chi connectivity index (χ4n) is 1.88. The second-order valence-electron chi connectivity index (χ2n) is 3.57. The van der Waals surface area contributed by atoms with E-state index in [1.807, 2.05) is 13.0 Å². The van der Waals surface area contributed by atoms with Gasteiger partial charge in [0.1, 0.15) is 0 Å². The summed E-state index contributed by atoms with van der Waals surface area (Å²) < 4.78 is 0. The summed E-state index contributed by atoms with van der Waals surface area (Å²) in [4.78, 5) is 4.44. The lowest BCUT2D eigenvalue weighted by Gasteiger charge is -2.19. The number of pyridine rings is 1. The normalized spacial score (nSPS) is 20.5. The van der Waals surface area contributed by atoms with Crippen LogP contribution in [0, 0.1) is 18.3 Å². The van der Waals surface area contributed by atoms with Gasteiger partial charge in [-0.15, -0.1) is 0 Å². The van der Waals surface area contributed by atoms with E-state index < -0.39 is 0 Å². The topological polar surface area (TPSA) is 36.7 Å². The minimum atomic E-state index is 0.0312. The van der Waals surface area contributed by atoms with Crippen LogP contribution in [0.4, 0.5) is 0 Å². The summed E-state index contributed by atoms with van der Waals surface area (Å²) in [5.74, 6) is 0.0312. The third-order valence-electron chi connectivity index (χ3n) is 2.58. The van der Waals surface area contributed by atoms with Gasteiger partial charge in [-0.05, 0) is 37.8 Å². The highest BCUT2D eigenvalue weighted by atomic mass is 14.7. The van der Waals surface area contributed by atoms with Gasteiger partial charge >= 0.3 is 0 Å². The molecular weight excluding hydrogens is 160 g/mol. The smallest absolute Gasteiger partial charge is 0.0887 e.